The molecule has 1 aliphatic rings. The van der Waals surface area contributed by atoms with Gasteiger partial charge in [-0.05, 0) is 21.7 Å². The van der Waals surface area contributed by atoms with Crippen LogP contribution in [0.1, 0.15) is 37.5 Å². The molecule has 0 aromatic heterocycles. The predicted molar refractivity (Wildman–Crippen MR) is 144 cm³/mol. The maximum atomic E-state index is 13.3. The van der Waals surface area contributed by atoms with E-state index in [0.717, 1.165) is 23.0 Å². The van der Waals surface area contributed by atoms with E-state index in [1.807, 2.05) is 18.2 Å². The molecular weight excluding hydrogens is 454 g/mol. The molecule has 0 radical (unpaired) electrons. The lowest BCUT2D eigenvalue weighted by Gasteiger charge is -2.58. The molecule has 5 heteroatoms. The predicted octanol–water partition coefficient (Wildman–Crippen LogP) is 6.70. The molecule has 0 saturated carbocycles. The Balaban J connectivity index is 1.94. The molecule has 4 rings (SSSR count). The summed E-state index contributed by atoms with van der Waals surface area (Å²) in [5.74, 6) is -0.656. The fraction of sp³-hybridized carbons (Fsp3) is 0.310. The summed E-state index contributed by atoms with van der Waals surface area (Å²) in [6.07, 6.45) is 0.857. The molecular formula is C29H33NO2SSi. The van der Waals surface area contributed by atoms with Crippen LogP contribution < -0.4 is 0 Å². The molecule has 3 nitrogen and oxygen atoms in total. The van der Waals surface area contributed by atoms with Crippen molar-refractivity contribution in [3.05, 3.63) is 108 Å². The normalized spacial score (nSPS) is 19.0. The van der Waals surface area contributed by atoms with Crippen molar-refractivity contribution in [2.24, 2.45) is 5.92 Å². The van der Waals surface area contributed by atoms with Gasteiger partial charge >= 0.3 is 0 Å². The lowest BCUT2D eigenvalue weighted by Crippen LogP contribution is -2.72. The Bertz CT molecular complexity index is 1050. The van der Waals surface area contributed by atoms with Crippen molar-refractivity contribution in [1.29, 1.82) is 0 Å². The number of nitrogens with zero attached hydrogens (tertiary/aromatic N) is 1. The van der Waals surface area contributed by atoms with Crippen molar-refractivity contribution in [2.45, 2.75) is 49.0 Å². The van der Waals surface area contributed by atoms with Gasteiger partial charge in [0.1, 0.15) is 12.2 Å². The molecule has 0 bridgehead atoms. The Morgan fingerprint density at radius 3 is 1.47 bits per heavy atom. The monoisotopic (exact) mass is 487 g/mol. The highest BCUT2D eigenvalue weighted by atomic mass is 32.2. The molecule has 3 aromatic carbocycles. The number of hydrogen-bond acceptors (Lipinski definition) is 3. The smallest absolute Gasteiger partial charge is 0.228 e. The van der Waals surface area contributed by atoms with E-state index in [-0.39, 0.29) is 16.3 Å². The maximum Gasteiger partial charge on any atom is 0.228 e. The molecule has 1 amide bonds. The molecule has 34 heavy (non-hydrogen) atoms. The molecule has 1 saturated heterocycles. The Kier molecular flexibility index (Phi) is 6.62. The van der Waals surface area contributed by atoms with Gasteiger partial charge in [-0.15, -0.1) is 11.8 Å². The first-order chi connectivity index (χ1) is 16.1. The Morgan fingerprint density at radius 1 is 0.765 bits per heavy atom. The maximum absolute atomic E-state index is 13.3. The minimum Gasteiger partial charge on any atom is -0.356 e. The van der Waals surface area contributed by atoms with Gasteiger partial charge in [-0.25, -0.2) is 0 Å². The Morgan fingerprint density at radius 2 is 1.15 bits per heavy atom. The molecule has 0 unspecified atom stereocenters. The molecule has 0 N–H and O–H groups in total. The first kappa shape index (κ1) is 24.5. The van der Waals surface area contributed by atoms with Crippen molar-refractivity contribution in [3.63, 3.8) is 0 Å². The second-order valence-electron chi connectivity index (χ2n) is 10.5. The van der Waals surface area contributed by atoms with Crippen molar-refractivity contribution >= 4 is 32.2 Å². The van der Waals surface area contributed by atoms with Crippen molar-refractivity contribution < 1.29 is 9.59 Å². The van der Waals surface area contributed by atoms with Crippen LogP contribution in [-0.2, 0) is 14.3 Å². The number of carbonyl (C=O) groups is 2. The molecule has 1 fully saturated rings. The number of aldehydes is 1. The second-order valence-corrected chi connectivity index (χ2v) is 16.9. The SMILES string of the molecule is CC(C)(C)[Si](C)(C)N1C(=O)[C@@H](C=O)[C@@H]1SC(c1ccccc1)(c1ccccc1)c1ccccc1. The number of hydrogen-bond donors (Lipinski definition) is 0. The fourth-order valence-corrected chi connectivity index (χ4v) is 9.48. The first-order valence-corrected chi connectivity index (χ1v) is 15.6. The van der Waals surface area contributed by atoms with Gasteiger partial charge in [-0.1, -0.05) is 125 Å². The van der Waals surface area contributed by atoms with E-state index in [9.17, 15) is 9.59 Å². The van der Waals surface area contributed by atoms with Crippen LogP contribution in [0, 0.1) is 5.92 Å². The van der Waals surface area contributed by atoms with E-state index in [1.165, 1.54) is 0 Å². The summed E-state index contributed by atoms with van der Waals surface area (Å²) in [6, 6.07) is 31.4. The number of amides is 1. The van der Waals surface area contributed by atoms with Gasteiger partial charge in [0.05, 0.1) is 10.1 Å². The van der Waals surface area contributed by atoms with Gasteiger partial charge < -0.3 is 9.36 Å². The number of rotatable bonds is 7. The zero-order valence-electron chi connectivity index (χ0n) is 20.6. The number of benzene rings is 3. The van der Waals surface area contributed by atoms with Gasteiger partial charge in [0.2, 0.25) is 5.91 Å². The lowest BCUT2D eigenvalue weighted by atomic mass is 9.84. The quantitative estimate of drug-likeness (QED) is 0.122. The van der Waals surface area contributed by atoms with Crippen LogP contribution >= 0.6 is 11.8 Å². The Labute approximate surface area is 208 Å². The molecule has 0 spiro atoms. The third-order valence-corrected chi connectivity index (χ3v) is 14.9. The number of thioether (sulfide) groups is 1. The Hall–Kier alpha value is -2.63. The summed E-state index contributed by atoms with van der Waals surface area (Å²) in [5, 5.41) is -0.254. The largest absolute Gasteiger partial charge is 0.356 e. The van der Waals surface area contributed by atoms with Crippen LogP contribution in [0.3, 0.4) is 0 Å². The summed E-state index contributed by atoms with van der Waals surface area (Å²) < 4.78 is 1.51. The summed E-state index contributed by atoms with van der Waals surface area (Å²) in [6.45, 7) is 11.1. The van der Waals surface area contributed by atoms with E-state index in [4.69, 9.17) is 0 Å². The van der Waals surface area contributed by atoms with Gasteiger partial charge in [0, 0.05) is 0 Å². The molecule has 0 aliphatic carbocycles. The summed E-state index contributed by atoms with van der Waals surface area (Å²) in [4.78, 5) is 25.5. The highest BCUT2D eigenvalue weighted by Crippen LogP contribution is 2.56. The highest BCUT2D eigenvalue weighted by Gasteiger charge is 2.59. The highest BCUT2D eigenvalue weighted by molar-refractivity contribution is 8.01. The second kappa shape index (κ2) is 9.20. The van der Waals surface area contributed by atoms with Crippen LogP contribution in [0.2, 0.25) is 18.1 Å². The third kappa shape index (κ3) is 3.95. The summed E-state index contributed by atoms with van der Waals surface area (Å²) >= 11 is 1.73. The fourth-order valence-electron chi connectivity index (χ4n) is 4.60. The minimum absolute atomic E-state index is 0.0236. The molecule has 2 atom stereocenters. The molecule has 3 aromatic rings. The standard InChI is InChI=1S/C29H33NO2SSi/c1-28(2,3)34(4,5)30-26(32)25(21-31)27(30)33-29(22-15-9-6-10-16-22,23-17-11-7-12-18-23)24-19-13-8-14-20-24/h6-21,25,27H,1-5H3/t25-,27+/m1/s1. The van der Waals surface area contributed by atoms with Crippen molar-refractivity contribution in [2.75, 3.05) is 0 Å². The molecule has 1 aliphatic heterocycles. The number of β-lactam (4-membered cyclic amide) rings is 1. The van der Waals surface area contributed by atoms with Crippen LogP contribution in [0.15, 0.2) is 91.0 Å². The molecule has 176 valence electrons. The zero-order chi connectivity index (χ0) is 24.6. The van der Waals surface area contributed by atoms with Gasteiger partial charge in [0.15, 0.2) is 8.24 Å². The van der Waals surface area contributed by atoms with Gasteiger partial charge in [-0.3, -0.25) is 4.79 Å². The summed E-state index contributed by atoms with van der Waals surface area (Å²) in [5.41, 5.74) is 3.41. The van der Waals surface area contributed by atoms with E-state index in [2.05, 4.69) is 111 Å². The first-order valence-electron chi connectivity index (χ1n) is 11.8. The van der Waals surface area contributed by atoms with Gasteiger partial charge in [0.25, 0.3) is 0 Å². The summed E-state index contributed by atoms with van der Waals surface area (Å²) in [7, 11) is -2.20. The van der Waals surface area contributed by atoms with Crippen molar-refractivity contribution in [1.82, 2.24) is 4.57 Å². The number of carbonyl (C=O) groups excluding carboxylic acids is 2. The average molecular weight is 488 g/mol. The minimum atomic E-state index is -2.20. The van der Waals surface area contributed by atoms with Crippen LogP contribution in [0.5, 0.6) is 0 Å². The topological polar surface area (TPSA) is 37.4 Å². The van der Waals surface area contributed by atoms with E-state index >= 15 is 0 Å². The third-order valence-electron chi connectivity index (χ3n) is 7.51. The molecule has 1 heterocycles. The van der Waals surface area contributed by atoms with Crippen molar-refractivity contribution in [3.8, 4) is 0 Å². The zero-order valence-corrected chi connectivity index (χ0v) is 22.4. The van der Waals surface area contributed by atoms with Crippen LogP contribution in [-0.4, -0.2) is 30.4 Å². The van der Waals surface area contributed by atoms with Gasteiger partial charge in [-0.2, -0.15) is 0 Å². The van der Waals surface area contributed by atoms with Crippen LogP contribution in [0.25, 0.3) is 0 Å². The van der Waals surface area contributed by atoms with E-state index < -0.39 is 18.9 Å². The van der Waals surface area contributed by atoms with Crippen LogP contribution in [0.4, 0.5) is 0 Å². The average Bonchev–Trinajstić information content (AvgIpc) is 2.83. The van der Waals surface area contributed by atoms with E-state index in [0.29, 0.717) is 0 Å². The lowest BCUT2D eigenvalue weighted by molar-refractivity contribution is -0.145. The van der Waals surface area contributed by atoms with E-state index in [1.54, 1.807) is 11.8 Å².